The van der Waals surface area contributed by atoms with Crippen molar-refractivity contribution in [3.63, 3.8) is 0 Å². The summed E-state index contributed by atoms with van der Waals surface area (Å²) in [7, 11) is 1.99. The van der Waals surface area contributed by atoms with Crippen LogP contribution in [-0.4, -0.2) is 4.98 Å². The van der Waals surface area contributed by atoms with Gasteiger partial charge in [0.2, 0.25) is 5.69 Å². The molecule has 2 aliphatic carbocycles. The van der Waals surface area contributed by atoms with E-state index < -0.39 is 6.85 Å². The van der Waals surface area contributed by atoms with Crippen molar-refractivity contribution in [3.8, 4) is 22.4 Å². The molecular weight excluding hydrogens is 364 g/mol. The Bertz CT molecular complexity index is 1270. The molecule has 4 aliphatic rings. The Hall–Kier alpha value is -2.48. The van der Waals surface area contributed by atoms with Crippen LogP contribution in [0.1, 0.15) is 63.4 Å². The summed E-state index contributed by atoms with van der Waals surface area (Å²) in [5.41, 5.74) is 11.4. The fourth-order valence-electron chi connectivity index (χ4n) is 6.12. The maximum atomic E-state index is 8.21. The molecule has 1 fully saturated rings. The van der Waals surface area contributed by atoms with Crippen LogP contribution in [0.4, 0.5) is 0 Å². The van der Waals surface area contributed by atoms with Crippen molar-refractivity contribution in [2.45, 2.75) is 58.7 Å². The topological polar surface area (TPSA) is 16.8 Å². The van der Waals surface area contributed by atoms with E-state index in [1.165, 1.54) is 64.9 Å². The van der Waals surface area contributed by atoms with Gasteiger partial charge in [0, 0.05) is 33.4 Å². The molecule has 2 aliphatic heterocycles. The van der Waals surface area contributed by atoms with Crippen LogP contribution in [0.25, 0.3) is 22.4 Å². The number of hydrogen-bond acceptors (Lipinski definition) is 1. The van der Waals surface area contributed by atoms with Crippen LogP contribution in [0.2, 0.25) is 0 Å². The standard InChI is InChI=1S/C28H31N2/c1-17-4-10-23-24-11-9-22-13-20-7-5-19(6-8-20)12-21-14-27(30(3)16-18(21)2)28(17)25(23)15-26(24)29-22/h4,9-11,14,16,19-20H,5-8,12-13,15H2,1-3H3/q+1/i2D3. The monoisotopic (exact) mass is 398 g/mol. The third-order valence-electron chi connectivity index (χ3n) is 7.78. The highest BCUT2D eigenvalue weighted by atomic mass is 14.9. The number of fused-ring (bicyclic) bond motifs is 3. The molecule has 4 heterocycles. The molecule has 0 atom stereocenters. The van der Waals surface area contributed by atoms with Gasteiger partial charge in [-0.25, -0.2) is 4.57 Å². The van der Waals surface area contributed by atoms with E-state index in [4.69, 9.17) is 9.10 Å². The van der Waals surface area contributed by atoms with Gasteiger partial charge in [-0.15, -0.1) is 0 Å². The summed E-state index contributed by atoms with van der Waals surface area (Å²) >= 11 is 0. The summed E-state index contributed by atoms with van der Waals surface area (Å²) in [4.78, 5) is 5.15. The lowest BCUT2D eigenvalue weighted by molar-refractivity contribution is -0.660. The predicted octanol–water partition coefficient (Wildman–Crippen LogP) is 5.67. The van der Waals surface area contributed by atoms with Gasteiger partial charge in [-0.1, -0.05) is 18.2 Å². The molecule has 1 aromatic carbocycles. The first-order valence-electron chi connectivity index (χ1n) is 12.9. The van der Waals surface area contributed by atoms with E-state index in [0.29, 0.717) is 17.4 Å². The summed E-state index contributed by atoms with van der Waals surface area (Å²) in [5.74, 6) is 1.24. The molecule has 0 radical (unpaired) electrons. The number of pyridine rings is 2. The van der Waals surface area contributed by atoms with Gasteiger partial charge in [0.15, 0.2) is 6.20 Å². The van der Waals surface area contributed by atoms with E-state index in [1.807, 2.05) is 17.8 Å². The molecule has 7 rings (SSSR count). The molecule has 152 valence electrons. The van der Waals surface area contributed by atoms with Crippen molar-refractivity contribution in [2.24, 2.45) is 18.9 Å². The van der Waals surface area contributed by atoms with Crippen molar-refractivity contribution >= 4 is 0 Å². The third-order valence-corrected chi connectivity index (χ3v) is 7.78. The number of benzene rings is 1. The average Bonchev–Trinajstić information content (AvgIpc) is 3.12. The first-order chi connectivity index (χ1) is 15.8. The molecule has 2 aromatic heterocycles. The second-order valence-corrected chi connectivity index (χ2v) is 9.76. The smallest absolute Gasteiger partial charge is 0.213 e. The minimum Gasteiger partial charge on any atom is -0.257 e. The summed E-state index contributed by atoms with van der Waals surface area (Å²) in [6.45, 7) is 0.0697. The lowest BCUT2D eigenvalue weighted by atomic mass is 9.77. The van der Waals surface area contributed by atoms with Crippen molar-refractivity contribution in [1.82, 2.24) is 4.98 Å². The molecule has 2 nitrogen and oxygen atoms in total. The van der Waals surface area contributed by atoms with Gasteiger partial charge >= 0.3 is 0 Å². The van der Waals surface area contributed by atoms with Crippen LogP contribution >= 0.6 is 0 Å². The molecule has 2 heteroatoms. The second kappa shape index (κ2) is 6.77. The molecule has 30 heavy (non-hydrogen) atoms. The Labute approximate surface area is 184 Å². The summed E-state index contributed by atoms with van der Waals surface area (Å²) in [5, 5.41) is 0. The van der Waals surface area contributed by atoms with Gasteiger partial charge < -0.3 is 0 Å². The predicted molar refractivity (Wildman–Crippen MR) is 121 cm³/mol. The highest BCUT2D eigenvalue weighted by molar-refractivity contribution is 5.84. The Balaban J connectivity index is 1.61. The van der Waals surface area contributed by atoms with Crippen LogP contribution in [0.15, 0.2) is 36.5 Å². The quantitative estimate of drug-likeness (QED) is 0.349. The van der Waals surface area contributed by atoms with E-state index in [1.54, 1.807) is 0 Å². The average molecular weight is 399 g/mol. The maximum absolute atomic E-state index is 8.21. The zero-order chi connectivity index (χ0) is 22.9. The van der Waals surface area contributed by atoms with Gasteiger partial charge in [-0.05, 0) is 92.5 Å². The van der Waals surface area contributed by atoms with Gasteiger partial charge in [-0.3, -0.25) is 4.98 Å². The number of aryl methyl sites for hydroxylation is 3. The molecule has 0 saturated heterocycles. The SMILES string of the molecule is [2H]C([2H])([2H])c1c[n+](C)c2cc1CC1CCC(CC1)Cc1ccc3c(n1)Cc1c-3ccc(C)c1-2. The first-order valence-corrected chi connectivity index (χ1v) is 11.4. The summed E-state index contributed by atoms with van der Waals surface area (Å²) in [6, 6.07) is 11.2. The Morgan fingerprint density at radius 1 is 0.967 bits per heavy atom. The van der Waals surface area contributed by atoms with Crippen molar-refractivity contribution in [2.75, 3.05) is 0 Å². The molecule has 1 saturated carbocycles. The second-order valence-electron chi connectivity index (χ2n) is 9.76. The van der Waals surface area contributed by atoms with Gasteiger partial charge in [0.1, 0.15) is 7.05 Å². The van der Waals surface area contributed by atoms with E-state index in [9.17, 15) is 0 Å². The fraction of sp³-hybridized carbons (Fsp3) is 0.429. The number of aromatic nitrogens is 2. The van der Waals surface area contributed by atoms with Crippen LogP contribution in [0, 0.1) is 25.6 Å². The maximum Gasteiger partial charge on any atom is 0.213 e. The van der Waals surface area contributed by atoms with Gasteiger partial charge in [0.05, 0.1) is 11.3 Å². The molecule has 0 amide bonds. The minimum atomic E-state index is -2.10. The number of nitrogens with zero attached hydrogens (tertiary/aromatic N) is 2. The molecule has 0 spiro atoms. The lowest BCUT2D eigenvalue weighted by Crippen LogP contribution is -2.32. The number of rotatable bonds is 0. The van der Waals surface area contributed by atoms with E-state index in [2.05, 4.69) is 37.3 Å². The van der Waals surface area contributed by atoms with Crippen LogP contribution in [0.3, 0.4) is 0 Å². The minimum absolute atomic E-state index is 0.514. The summed E-state index contributed by atoms with van der Waals surface area (Å²) in [6.07, 6.45) is 9.41. The van der Waals surface area contributed by atoms with Crippen LogP contribution in [-0.2, 0) is 26.3 Å². The van der Waals surface area contributed by atoms with E-state index in [-0.39, 0.29) is 0 Å². The number of hydrogen-bond donors (Lipinski definition) is 0. The Morgan fingerprint density at radius 2 is 1.73 bits per heavy atom. The third kappa shape index (κ3) is 2.84. The Morgan fingerprint density at radius 3 is 2.53 bits per heavy atom. The lowest BCUT2D eigenvalue weighted by Gasteiger charge is -2.29. The van der Waals surface area contributed by atoms with E-state index >= 15 is 0 Å². The summed E-state index contributed by atoms with van der Waals surface area (Å²) < 4.78 is 26.7. The fourth-order valence-corrected chi connectivity index (χ4v) is 6.12. The van der Waals surface area contributed by atoms with Gasteiger partial charge in [-0.2, -0.15) is 0 Å². The normalized spacial score (nSPS) is 23.5. The van der Waals surface area contributed by atoms with Crippen LogP contribution in [0.5, 0.6) is 0 Å². The molecule has 3 aromatic rings. The van der Waals surface area contributed by atoms with Crippen molar-refractivity contribution in [1.29, 1.82) is 0 Å². The molecule has 0 unspecified atom stereocenters. The van der Waals surface area contributed by atoms with Crippen LogP contribution < -0.4 is 4.57 Å². The van der Waals surface area contributed by atoms with Crippen molar-refractivity contribution in [3.05, 3.63) is 70.2 Å². The largest absolute Gasteiger partial charge is 0.257 e. The molecule has 7 bridgehead atoms. The molecule has 0 N–H and O–H groups in total. The molecular formula is C28H31N2+. The zero-order valence-electron chi connectivity index (χ0n) is 21.0. The zero-order valence-corrected chi connectivity index (χ0v) is 18.0. The highest BCUT2D eigenvalue weighted by Gasteiger charge is 2.30. The Kier molecular flexibility index (Phi) is 3.46. The highest BCUT2D eigenvalue weighted by Crippen LogP contribution is 2.43. The first kappa shape index (κ1) is 15.3. The van der Waals surface area contributed by atoms with Gasteiger partial charge in [0.25, 0.3) is 0 Å². The van der Waals surface area contributed by atoms with E-state index in [0.717, 1.165) is 30.5 Å². The van der Waals surface area contributed by atoms with Crippen molar-refractivity contribution < 1.29 is 8.68 Å².